The van der Waals surface area contributed by atoms with Gasteiger partial charge in [0.25, 0.3) is 0 Å². The van der Waals surface area contributed by atoms with Gasteiger partial charge >= 0.3 is 11.9 Å². The molecule has 1 aliphatic carbocycles. The molecule has 0 spiro atoms. The molecule has 126 valence electrons. The lowest BCUT2D eigenvalue weighted by Crippen LogP contribution is -2.50. The van der Waals surface area contributed by atoms with Crippen molar-refractivity contribution in [3.63, 3.8) is 0 Å². The molecule has 0 amide bonds. The fraction of sp³-hybridized carbons (Fsp3) is 0.357. The van der Waals surface area contributed by atoms with E-state index in [0.29, 0.717) is 6.42 Å². The molecule has 1 aromatic rings. The van der Waals surface area contributed by atoms with Crippen LogP contribution in [-0.2, 0) is 9.59 Å². The molecule has 0 aromatic heterocycles. The molecule has 6 N–H and O–H groups in total. The first-order valence-corrected chi connectivity index (χ1v) is 7.08. The second-order valence-corrected chi connectivity index (χ2v) is 5.67. The highest BCUT2D eigenvalue weighted by atomic mass is 35.5. The predicted octanol–water partition coefficient (Wildman–Crippen LogP) is 0.500. The van der Waals surface area contributed by atoms with Gasteiger partial charge in [0.05, 0.1) is 24.0 Å². The summed E-state index contributed by atoms with van der Waals surface area (Å²) in [5.74, 6) is -2.75. The monoisotopic (exact) mass is 359 g/mol. The molecular formula is C14H18ClN3O4S. The Morgan fingerprint density at radius 1 is 1.35 bits per heavy atom. The first kappa shape index (κ1) is 19.1. The van der Waals surface area contributed by atoms with Crippen molar-refractivity contribution < 1.29 is 19.8 Å². The highest BCUT2D eigenvalue weighted by molar-refractivity contribution is 7.80. The number of benzene rings is 1. The molecule has 3 unspecified atom stereocenters. The van der Waals surface area contributed by atoms with Crippen LogP contribution in [0.1, 0.15) is 18.0 Å². The Bertz CT molecular complexity index is 601. The fourth-order valence-corrected chi connectivity index (χ4v) is 2.86. The van der Waals surface area contributed by atoms with E-state index in [4.69, 9.17) is 23.1 Å². The average molecular weight is 360 g/mol. The highest BCUT2D eigenvalue weighted by Gasteiger charge is 2.63. The number of carboxylic acid groups (broad SMARTS) is 2. The zero-order chi connectivity index (χ0) is 16.3. The number of nitrogens with two attached hydrogens (primary N) is 1. The number of carbonyl (C=O) groups is 2. The van der Waals surface area contributed by atoms with Gasteiger partial charge in [0.2, 0.25) is 0 Å². The molecule has 9 heteroatoms. The molecule has 1 aromatic carbocycles. The minimum atomic E-state index is -1.06. The number of hydrogen-bond donors (Lipinski definition) is 5. The molecule has 2 rings (SSSR count). The third-order valence-electron chi connectivity index (χ3n) is 3.81. The van der Waals surface area contributed by atoms with Crippen molar-refractivity contribution in [1.29, 1.82) is 0 Å². The van der Waals surface area contributed by atoms with E-state index >= 15 is 0 Å². The number of aliphatic carboxylic acids is 2. The zero-order valence-corrected chi connectivity index (χ0v) is 13.7. The highest BCUT2D eigenvalue weighted by Crippen LogP contribution is 2.52. The Hall–Kier alpha value is -1.90. The summed E-state index contributed by atoms with van der Waals surface area (Å²) in [4.78, 5) is 22.2. The summed E-state index contributed by atoms with van der Waals surface area (Å²) in [6.07, 6.45) is 0.296. The zero-order valence-electron chi connectivity index (χ0n) is 12.1. The Balaban J connectivity index is 0.00000264. The summed E-state index contributed by atoms with van der Waals surface area (Å²) in [5, 5.41) is 24.0. The lowest BCUT2D eigenvalue weighted by atomic mass is 9.95. The molecule has 1 fully saturated rings. The van der Waals surface area contributed by atoms with Gasteiger partial charge in [-0.3, -0.25) is 14.9 Å². The van der Waals surface area contributed by atoms with Gasteiger partial charge in [-0.15, -0.1) is 12.4 Å². The molecule has 0 aliphatic heterocycles. The van der Waals surface area contributed by atoms with E-state index in [1.54, 1.807) is 0 Å². The summed E-state index contributed by atoms with van der Waals surface area (Å²) in [7, 11) is 0. The van der Waals surface area contributed by atoms with Crippen LogP contribution >= 0.6 is 24.6 Å². The molecule has 1 aliphatic rings. The summed E-state index contributed by atoms with van der Waals surface area (Å²) in [6.45, 7) is -0.341. The van der Waals surface area contributed by atoms with Crippen LogP contribution in [-0.4, -0.2) is 39.3 Å². The van der Waals surface area contributed by atoms with Crippen molar-refractivity contribution in [2.24, 2.45) is 11.7 Å². The second kappa shape index (κ2) is 7.58. The number of nitrogens with one attached hydrogen (secondary N) is 2. The molecule has 3 atom stereocenters. The number of carboxylic acids is 2. The molecule has 1 saturated carbocycles. The third kappa shape index (κ3) is 4.31. The van der Waals surface area contributed by atoms with Gasteiger partial charge in [-0.05, 0) is 24.2 Å². The molecule has 0 saturated heterocycles. The van der Waals surface area contributed by atoms with E-state index in [2.05, 4.69) is 10.6 Å². The van der Waals surface area contributed by atoms with Crippen LogP contribution in [0.5, 0.6) is 0 Å². The van der Waals surface area contributed by atoms with Gasteiger partial charge < -0.3 is 21.3 Å². The maximum atomic E-state index is 11.4. The van der Waals surface area contributed by atoms with Crippen molar-refractivity contribution >= 4 is 41.7 Å². The van der Waals surface area contributed by atoms with Gasteiger partial charge in [-0.25, -0.2) is 0 Å². The first-order chi connectivity index (χ1) is 10.4. The Morgan fingerprint density at radius 2 is 1.96 bits per heavy atom. The molecule has 7 nitrogen and oxygen atoms in total. The van der Waals surface area contributed by atoms with Crippen molar-refractivity contribution in [2.75, 3.05) is 6.54 Å². The number of halogens is 1. The maximum absolute atomic E-state index is 11.4. The van der Waals surface area contributed by atoms with Crippen molar-refractivity contribution in [3.05, 3.63) is 35.9 Å². The van der Waals surface area contributed by atoms with Crippen LogP contribution in [0.25, 0.3) is 0 Å². The molecule has 23 heavy (non-hydrogen) atoms. The van der Waals surface area contributed by atoms with Gasteiger partial charge in [0.15, 0.2) is 5.11 Å². The maximum Gasteiger partial charge on any atom is 0.317 e. The fourth-order valence-electron chi connectivity index (χ4n) is 2.74. The average Bonchev–Trinajstić information content (AvgIpc) is 3.19. The number of hydrogen-bond acceptors (Lipinski definition) is 4. The summed E-state index contributed by atoms with van der Waals surface area (Å²) in [6, 6.07) is 8.57. The van der Waals surface area contributed by atoms with Crippen LogP contribution in [0.3, 0.4) is 0 Å². The summed E-state index contributed by atoms with van der Waals surface area (Å²) >= 11 is 4.88. The minimum absolute atomic E-state index is 0. The van der Waals surface area contributed by atoms with Crippen LogP contribution in [0.2, 0.25) is 0 Å². The van der Waals surface area contributed by atoms with Gasteiger partial charge in [0.1, 0.15) is 0 Å². The molecular weight excluding hydrogens is 342 g/mol. The Kier molecular flexibility index (Phi) is 6.31. The van der Waals surface area contributed by atoms with E-state index in [-0.39, 0.29) is 24.1 Å². The molecule has 0 radical (unpaired) electrons. The summed E-state index contributed by atoms with van der Waals surface area (Å²) in [5.41, 5.74) is 5.41. The van der Waals surface area contributed by atoms with Crippen molar-refractivity contribution in [3.8, 4) is 0 Å². The largest absolute Gasteiger partial charge is 0.481 e. The van der Waals surface area contributed by atoms with Crippen LogP contribution < -0.4 is 16.4 Å². The summed E-state index contributed by atoms with van der Waals surface area (Å²) < 4.78 is 0. The quantitative estimate of drug-likeness (QED) is 0.446. The predicted molar refractivity (Wildman–Crippen MR) is 90.5 cm³/mol. The smallest absolute Gasteiger partial charge is 0.317 e. The number of rotatable bonds is 7. The third-order valence-corrected chi connectivity index (χ3v) is 3.92. The van der Waals surface area contributed by atoms with Crippen LogP contribution in [0.4, 0.5) is 0 Å². The Labute approximate surface area is 144 Å². The van der Waals surface area contributed by atoms with Crippen molar-refractivity contribution in [1.82, 2.24) is 10.6 Å². The minimum Gasteiger partial charge on any atom is -0.481 e. The number of thiocarbonyl (C=S) groups is 1. The topological polar surface area (TPSA) is 125 Å². The van der Waals surface area contributed by atoms with E-state index in [1.165, 1.54) is 0 Å². The lowest BCUT2D eigenvalue weighted by Gasteiger charge is -2.30. The van der Waals surface area contributed by atoms with Gasteiger partial charge in [-0.1, -0.05) is 30.3 Å². The van der Waals surface area contributed by atoms with Gasteiger partial charge in [0, 0.05) is 0 Å². The lowest BCUT2D eigenvalue weighted by molar-refractivity contribution is -0.140. The van der Waals surface area contributed by atoms with E-state index in [0.717, 1.165) is 5.56 Å². The van der Waals surface area contributed by atoms with Crippen molar-refractivity contribution in [2.45, 2.75) is 18.0 Å². The Morgan fingerprint density at radius 3 is 2.39 bits per heavy atom. The first-order valence-electron chi connectivity index (χ1n) is 6.67. The van der Waals surface area contributed by atoms with E-state index < -0.39 is 29.4 Å². The molecule has 0 bridgehead atoms. The second-order valence-electron chi connectivity index (χ2n) is 5.23. The molecule has 0 heterocycles. The van der Waals surface area contributed by atoms with Gasteiger partial charge in [-0.2, -0.15) is 0 Å². The van der Waals surface area contributed by atoms with E-state index in [9.17, 15) is 14.7 Å². The van der Waals surface area contributed by atoms with Crippen LogP contribution in [0.15, 0.2) is 30.3 Å². The standard InChI is InChI=1S/C14H17N3O4S.ClH/c15-13(22)17-11(8-4-2-1-3-5-8)14(16-7-10(18)19)6-9(14)12(20)21;/h1-5,9,11,16H,6-7H2,(H,18,19)(H,20,21)(H3,15,17,22);1H. The SMILES string of the molecule is Cl.NC(=S)NC(c1ccccc1)C1(NCC(=O)O)CC1C(=O)O. The van der Waals surface area contributed by atoms with E-state index in [1.807, 2.05) is 30.3 Å². The van der Waals surface area contributed by atoms with Crippen LogP contribution in [0, 0.1) is 5.92 Å². The normalized spacial score (nSPS) is 23.2.